The summed E-state index contributed by atoms with van der Waals surface area (Å²) < 4.78 is 0. The zero-order valence-corrected chi connectivity index (χ0v) is 12.5. The van der Waals surface area contributed by atoms with Gasteiger partial charge in [-0.05, 0) is 43.8 Å². The lowest BCUT2D eigenvalue weighted by Gasteiger charge is -2.21. The highest BCUT2D eigenvalue weighted by atomic mass is 32.1. The second kappa shape index (κ2) is 6.12. The molecule has 2 aromatic heterocycles. The fourth-order valence-corrected chi connectivity index (χ4v) is 2.38. The lowest BCUT2D eigenvalue weighted by Crippen LogP contribution is -2.17. The van der Waals surface area contributed by atoms with E-state index in [1.54, 1.807) is 25.2 Å². The van der Waals surface area contributed by atoms with Crippen molar-refractivity contribution in [2.45, 2.75) is 40.2 Å². The predicted molar refractivity (Wildman–Crippen MR) is 78.9 cm³/mol. The Hall–Kier alpha value is -1.19. The summed E-state index contributed by atoms with van der Waals surface area (Å²) in [6, 6.07) is 6.02. The third kappa shape index (κ3) is 3.40. The molecule has 0 fully saturated rings. The van der Waals surface area contributed by atoms with Gasteiger partial charge in [0, 0.05) is 11.8 Å². The van der Waals surface area contributed by atoms with Crippen molar-refractivity contribution in [1.29, 1.82) is 0 Å². The molecule has 0 unspecified atom stereocenters. The first-order valence-electron chi connectivity index (χ1n) is 6.22. The van der Waals surface area contributed by atoms with Crippen LogP contribution in [0.1, 0.15) is 38.8 Å². The molecule has 1 N–H and O–H groups in total. The van der Waals surface area contributed by atoms with Gasteiger partial charge in [-0.15, -0.1) is 11.3 Å². The molecular formula is C15H21NOS. The van der Waals surface area contributed by atoms with Crippen LogP contribution in [0.25, 0.3) is 10.6 Å². The van der Waals surface area contributed by atoms with Crippen LogP contribution in [0.2, 0.25) is 0 Å². The Balaban J connectivity index is 0.000000771. The van der Waals surface area contributed by atoms with Crippen molar-refractivity contribution < 1.29 is 5.11 Å². The molecule has 0 aromatic carbocycles. The molecule has 2 aromatic rings. The smallest absolute Gasteiger partial charge is 0.0862 e. The molecule has 0 radical (unpaired) electrons. The minimum atomic E-state index is -0.863. The molecule has 2 heterocycles. The van der Waals surface area contributed by atoms with Crippen molar-refractivity contribution in [1.82, 2.24) is 4.98 Å². The van der Waals surface area contributed by atoms with Crippen molar-refractivity contribution in [3.8, 4) is 10.6 Å². The first kappa shape index (κ1) is 14.9. The van der Waals surface area contributed by atoms with Crippen LogP contribution in [0.15, 0.2) is 29.8 Å². The first-order chi connectivity index (χ1) is 8.48. The number of aromatic nitrogens is 1. The largest absolute Gasteiger partial charge is 0.386 e. The zero-order valence-electron chi connectivity index (χ0n) is 11.7. The van der Waals surface area contributed by atoms with E-state index in [-0.39, 0.29) is 0 Å². The van der Waals surface area contributed by atoms with Crippen LogP contribution in [0, 0.1) is 6.92 Å². The third-order valence-electron chi connectivity index (χ3n) is 2.44. The number of nitrogens with zero attached hydrogens (tertiary/aromatic N) is 1. The predicted octanol–water partition coefficient (Wildman–Crippen LogP) is 4.37. The van der Waals surface area contributed by atoms with E-state index in [0.717, 1.165) is 21.7 Å². The maximum atomic E-state index is 10.2. The Kier molecular flexibility index (Phi) is 5.05. The Labute approximate surface area is 113 Å². The van der Waals surface area contributed by atoms with E-state index in [4.69, 9.17) is 0 Å². The number of aliphatic hydroxyl groups is 1. The highest BCUT2D eigenvalue weighted by Gasteiger charge is 2.22. The van der Waals surface area contributed by atoms with Gasteiger partial charge in [0.1, 0.15) is 0 Å². The van der Waals surface area contributed by atoms with Crippen molar-refractivity contribution >= 4 is 11.3 Å². The third-order valence-corrected chi connectivity index (χ3v) is 3.31. The van der Waals surface area contributed by atoms with Gasteiger partial charge in [-0.2, -0.15) is 0 Å². The number of hydrogen-bond acceptors (Lipinski definition) is 3. The monoisotopic (exact) mass is 263 g/mol. The van der Waals surface area contributed by atoms with Crippen LogP contribution in [-0.2, 0) is 5.60 Å². The van der Waals surface area contributed by atoms with Gasteiger partial charge in [0.2, 0.25) is 0 Å². The molecule has 0 saturated heterocycles. The highest BCUT2D eigenvalue weighted by Crippen LogP contribution is 2.32. The molecular weight excluding hydrogens is 242 g/mol. The van der Waals surface area contributed by atoms with E-state index in [9.17, 15) is 5.11 Å². The summed E-state index contributed by atoms with van der Waals surface area (Å²) in [4.78, 5) is 5.53. The number of rotatable bonds is 2. The Bertz CT molecular complexity index is 484. The van der Waals surface area contributed by atoms with Crippen LogP contribution >= 0.6 is 11.3 Å². The lowest BCUT2D eigenvalue weighted by molar-refractivity contribution is 0.0788. The van der Waals surface area contributed by atoms with Gasteiger partial charge in [0.15, 0.2) is 0 Å². The van der Waals surface area contributed by atoms with Gasteiger partial charge in [-0.1, -0.05) is 19.9 Å². The molecule has 98 valence electrons. The van der Waals surface area contributed by atoms with Gasteiger partial charge in [0.25, 0.3) is 0 Å². The van der Waals surface area contributed by atoms with E-state index >= 15 is 0 Å². The van der Waals surface area contributed by atoms with E-state index in [2.05, 4.69) is 4.98 Å². The molecule has 0 spiro atoms. The number of aryl methyl sites for hydroxylation is 1. The SMILES string of the molecule is CC.Cc1cnc(-c2cccs2)c(C(C)(C)O)c1. The van der Waals surface area contributed by atoms with Crippen LogP contribution in [0.5, 0.6) is 0 Å². The van der Waals surface area contributed by atoms with Crippen LogP contribution < -0.4 is 0 Å². The maximum Gasteiger partial charge on any atom is 0.0862 e. The van der Waals surface area contributed by atoms with Crippen molar-refractivity contribution in [3.63, 3.8) is 0 Å². The molecule has 2 rings (SSSR count). The topological polar surface area (TPSA) is 33.1 Å². The zero-order chi connectivity index (χ0) is 13.8. The van der Waals surface area contributed by atoms with Crippen molar-refractivity contribution in [2.75, 3.05) is 0 Å². The fraction of sp³-hybridized carbons (Fsp3) is 0.400. The Morgan fingerprint density at radius 3 is 2.44 bits per heavy atom. The summed E-state index contributed by atoms with van der Waals surface area (Å²) in [6.07, 6.45) is 1.84. The fourth-order valence-electron chi connectivity index (χ4n) is 1.65. The first-order valence-corrected chi connectivity index (χ1v) is 7.10. The second-order valence-corrected chi connectivity index (χ2v) is 5.39. The summed E-state index contributed by atoms with van der Waals surface area (Å²) in [5, 5.41) is 12.2. The molecule has 0 saturated carbocycles. The van der Waals surface area contributed by atoms with E-state index in [1.807, 2.05) is 50.5 Å². The normalized spacial score (nSPS) is 10.8. The van der Waals surface area contributed by atoms with E-state index < -0.39 is 5.60 Å². The second-order valence-electron chi connectivity index (χ2n) is 4.45. The van der Waals surface area contributed by atoms with Gasteiger partial charge >= 0.3 is 0 Å². The minimum absolute atomic E-state index is 0.863. The summed E-state index contributed by atoms with van der Waals surface area (Å²) in [5.74, 6) is 0. The summed E-state index contributed by atoms with van der Waals surface area (Å²) >= 11 is 1.64. The molecule has 3 heteroatoms. The Morgan fingerprint density at radius 2 is 1.94 bits per heavy atom. The van der Waals surface area contributed by atoms with E-state index in [0.29, 0.717) is 0 Å². The van der Waals surface area contributed by atoms with Crippen LogP contribution in [-0.4, -0.2) is 10.1 Å². The highest BCUT2D eigenvalue weighted by molar-refractivity contribution is 7.13. The average molecular weight is 263 g/mol. The van der Waals surface area contributed by atoms with Crippen molar-refractivity contribution in [2.24, 2.45) is 0 Å². The number of pyridine rings is 1. The molecule has 0 aliphatic heterocycles. The van der Waals surface area contributed by atoms with Crippen molar-refractivity contribution in [3.05, 3.63) is 40.9 Å². The summed E-state index contributed by atoms with van der Waals surface area (Å²) in [6.45, 7) is 9.57. The lowest BCUT2D eigenvalue weighted by atomic mass is 9.95. The number of hydrogen-bond donors (Lipinski definition) is 1. The van der Waals surface area contributed by atoms with Crippen LogP contribution in [0.4, 0.5) is 0 Å². The Morgan fingerprint density at radius 1 is 1.28 bits per heavy atom. The molecule has 0 aliphatic rings. The van der Waals surface area contributed by atoms with Gasteiger partial charge in [0.05, 0.1) is 16.2 Å². The van der Waals surface area contributed by atoms with Crippen LogP contribution in [0.3, 0.4) is 0 Å². The maximum absolute atomic E-state index is 10.2. The minimum Gasteiger partial charge on any atom is -0.386 e. The molecule has 0 amide bonds. The molecule has 0 aliphatic carbocycles. The standard InChI is InChI=1S/C13H15NOS.C2H6/c1-9-7-10(13(2,3)15)12(14-8-9)11-5-4-6-16-11;1-2/h4-8,15H,1-3H3;1-2H3. The average Bonchev–Trinajstić information content (AvgIpc) is 2.84. The molecule has 0 bridgehead atoms. The molecule has 2 nitrogen and oxygen atoms in total. The molecule has 18 heavy (non-hydrogen) atoms. The summed E-state index contributed by atoms with van der Waals surface area (Å²) in [5.41, 5.74) is 1.97. The quantitative estimate of drug-likeness (QED) is 0.872. The number of thiophene rings is 1. The van der Waals surface area contributed by atoms with Gasteiger partial charge in [-0.3, -0.25) is 4.98 Å². The van der Waals surface area contributed by atoms with Gasteiger partial charge in [-0.25, -0.2) is 0 Å². The van der Waals surface area contributed by atoms with Gasteiger partial charge < -0.3 is 5.11 Å². The summed E-state index contributed by atoms with van der Waals surface area (Å²) in [7, 11) is 0. The molecule has 0 atom stereocenters. The van der Waals surface area contributed by atoms with E-state index in [1.165, 1.54) is 0 Å².